The van der Waals surface area contributed by atoms with Crippen LogP contribution in [-0.2, 0) is 13.0 Å². The zero-order valence-electron chi connectivity index (χ0n) is 15.5. The van der Waals surface area contributed by atoms with Crippen LogP contribution in [0.5, 0.6) is 0 Å². The Balaban J connectivity index is 1.87. The smallest absolute Gasteiger partial charge is 0.0842 e. The van der Waals surface area contributed by atoms with E-state index in [9.17, 15) is 5.11 Å². The second-order valence-electron chi connectivity index (χ2n) is 7.07. The summed E-state index contributed by atoms with van der Waals surface area (Å²) in [4.78, 5) is 0. The van der Waals surface area contributed by atoms with Gasteiger partial charge in [0.25, 0.3) is 0 Å². The number of benzene rings is 2. The molecule has 1 unspecified atom stereocenters. The molecule has 0 fully saturated rings. The lowest BCUT2D eigenvalue weighted by atomic mass is 10.0. The highest BCUT2D eigenvalue weighted by Crippen LogP contribution is 2.08. The minimum absolute atomic E-state index is 0.0948. The van der Waals surface area contributed by atoms with Gasteiger partial charge in [-0.25, -0.2) is 0 Å². The molecule has 0 aliphatic rings. The largest absolute Gasteiger partial charge is 0.390 e. The Morgan fingerprint density at radius 2 is 1.40 bits per heavy atom. The van der Waals surface area contributed by atoms with Gasteiger partial charge in [0.15, 0.2) is 0 Å². The van der Waals surface area contributed by atoms with Crippen LogP contribution >= 0.6 is 0 Å². The van der Waals surface area contributed by atoms with Crippen LogP contribution in [0.15, 0.2) is 60.7 Å². The highest BCUT2D eigenvalue weighted by atomic mass is 16.3. The predicted octanol–water partition coefficient (Wildman–Crippen LogP) is 3.73. The molecule has 0 saturated carbocycles. The van der Waals surface area contributed by atoms with Gasteiger partial charge in [-0.15, -0.1) is 0 Å². The van der Waals surface area contributed by atoms with Crippen molar-refractivity contribution in [3.63, 3.8) is 0 Å². The number of hydrogen-bond acceptors (Lipinski definition) is 3. The molecule has 0 heterocycles. The summed E-state index contributed by atoms with van der Waals surface area (Å²) in [6.07, 6.45) is 2.22. The van der Waals surface area contributed by atoms with Crippen molar-refractivity contribution in [3.8, 4) is 0 Å². The second kappa shape index (κ2) is 11.0. The van der Waals surface area contributed by atoms with E-state index in [1.54, 1.807) is 0 Å². The lowest BCUT2D eigenvalue weighted by molar-refractivity contribution is 0.101. The third kappa shape index (κ3) is 7.82. The van der Waals surface area contributed by atoms with Crippen molar-refractivity contribution < 1.29 is 5.11 Å². The highest BCUT2D eigenvalue weighted by Gasteiger charge is 2.18. The molecule has 3 nitrogen and oxygen atoms in total. The normalized spacial score (nSPS) is 13.8. The van der Waals surface area contributed by atoms with Crippen LogP contribution in [-0.4, -0.2) is 23.9 Å². The fourth-order valence-electron chi connectivity index (χ4n) is 2.82. The maximum Gasteiger partial charge on any atom is 0.0842 e. The van der Waals surface area contributed by atoms with Gasteiger partial charge < -0.3 is 5.11 Å². The number of aryl methyl sites for hydroxylation is 1. The monoisotopic (exact) mass is 340 g/mol. The molecule has 3 N–H and O–H groups in total. The molecule has 3 heteroatoms. The van der Waals surface area contributed by atoms with Gasteiger partial charge in [0.05, 0.1) is 12.3 Å². The number of aliphatic hydroxyl groups excluding tert-OH is 1. The van der Waals surface area contributed by atoms with Gasteiger partial charge in [-0.05, 0) is 42.9 Å². The van der Waals surface area contributed by atoms with Crippen LogP contribution in [0.25, 0.3) is 0 Å². The van der Waals surface area contributed by atoms with E-state index in [-0.39, 0.29) is 6.17 Å². The Bertz CT molecular complexity index is 571. The van der Waals surface area contributed by atoms with E-state index >= 15 is 0 Å². The van der Waals surface area contributed by atoms with E-state index < -0.39 is 6.10 Å². The van der Waals surface area contributed by atoms with Crippen molar-refractivity contribution in [1.29, 1.82) is 0 Å². The number of rotatable bonds is 11. The van der Waals surface area contributed by atoms with Crippen molar-refractivity contribution in [2.75, 3.05) is 6.54 Å². The molecular formula is C22H32N2O. The molecule has 2 atom stereocenters. The first-order valence-corrected chi connectivity index (χ1v) is 9.38. The first-order chi connectivity index (χ1) is 12.1. The van der Waals surface area contributed by atoms with Crippen molar-refractivity contribution in [3.05, 3.63) is 71.8 Å². The van der Waals surface area contributed by atoms with Gasteiger partial charge in [0.1, 0.15) is 0 Å². The zero-order chi connectivity index (χ0) is 17.9. The summed E-state index contributed by atoms with van der Waals surface area (Å²) in [5, 5.41) is 17.7. The van der Waals surface area contributed by atoms with E-state index in [0.29, 0.717) is 5.92 Å². The summed E-state index contributed by atoms with van der Waals surface area (Å²) < 4.78 is 0. The van der Waals surface area contributed by atoms with Crippen molar-refractivity contribution in [2.24, 2.45) is 5.92 Å². The third-order valence-electron chi connectivity index (χ3n) is 4.41. The molecule has 25 heavy (non-hydrogen) atoms. The molecule has 0 amide bonds. The maximum absolute atomic E-state index is 10.7. The Morgan fingerprint density at radius 1 is 0.800 bits per heavy atom. The van der Waals surface area contributed by atoms with Gasteiger partial charge in [0.2, 0.25) is 0 Å². The average Bonchev–Trinajstić information content (AvgIpc) is 2.64. The second-order valence-corrected chi connectivity index (χ2v) is 7.07. The van der Waals surface area contributed by atoms with E-state index in [0.717, 1.165) is 32.4 Å². The van der Waals surface area contributed by atoms with E-state index in [4.69, 9.17) is 0 Å². The summed E-state index contributed by atoms with van der Waals surface area (Å²) in [5.41, 5.74) is 2.50. The Morgan fingerprint density at radius 3 is 2.00 bits per heavy atom. The predicted molar refractivity (Wildman–Crippen MR) is 105 cm³/mol. The molecule has 0 spiro atoms. The Kier molecular flexibility index (Phi) is 8.67. The van der Waals surface area contributed by atoms with Crippen LogP contribution in [0.4, 0.5) is 0 Å². The number of aliphatic hydroxyl groups is 1. The third-order valence-corrected chi connectivity index (χ3v) is 4.41. The molecule has 0 saturated heterocycles. The first-order valence-electron chi connectivity index (χ1n) is 9.38. The van der Waals surface area contributed by atoms with Gasteiger partial charge in [-0.1, -0.05) is 74.5 Å². The minimum Gasteiger partial charge on any atom is -0.390 e. The number of nitrogens with one attached hydrogen (secondary N) is 2. The zero-order valence-corrected chi connectivity index (χ0v) is 15.5. The lowest BCUT2D eigenvalue weighted by Gasteiger charge is -2.26. The highest BCUT2D eigenvalue weighted by molar-refractivity contribution is 5.15. The SMILES string of the molecule is CC(C)CCNC(NCc1ccccc1)[C@@H](O)CCc1ccccc1. The van der Waals surface area contributed by atoms with Gasteiger partial charge in [0, 0.05) is 6.54 Å². The quantitative estimate of drug-likeness (QED) is 0.546. The molecule has 2 rings (SSSR count). The fourth-order valence-corrected chi connectivity index (χ4v) is 2.82. The van der Waals surface area contributed by atoms with Crippen LogP contribution in [0, 0.1) is 5.92 Å². The summed E-state index contributed by atoms with van der Waals surface area (Å²) in [5.74, 6) is 0.656. The van der Waals surface area contributed by atoms with E-state index in [1.807, 2.05) is 36.4 Å². The standard InChI is InChI=1S/C22H32N2O/c1-18(2)15-16-23-22(24-17-20-11-7-4-8-12-20)21(25)14-13-19-9-5-3-6-10-19/h3-12,18,21-25H,13-17H2,1-2H3/t21-,22?/m0/s1. The molecule has 0 aliphatic heterocycles. The molecule has 0 radical (unpaired) electrons. The van der Waals surface area contributed by atoms with Crippen LogP contribution in [0.2, 0.25) is 0 Å². The lowest BCUT2D eigenvalue weighted by Crippen LogP contribution is -2.50. The van der Waals surface area contributed by atoms with E-state index in [1.165, 1.54) is 11.1 Å². The molecule has 0 aromatic heterocycles. The first kappa shape index (κ1) is 19.6. The molecular weight excluding hydrogens is 308 g/mol. The van der Waals surface area contributed by atoms with Crippen LogP contribution in [0.3, 0.4) is 0 Å². The molecule has 0 bridgehead atoms. The van der Waals surface area contributed by atoms with Gasteiger partial charge in [-0.3, -0.25) is 10.6 Å². The molecule has 0 aliphatic carbocycles. The van der Waals surface area contributed by atoms with Gasteiger partial charge >= 0.3 is 0 Å². The summed E-state index contributed by atoms with van der Waals surface area (Å²) in [7, 11) is 0. The maximum atomic E-state index is 10.7. The molecule has 2 aromatic carbocycles. The van der Waals surface area contributed by atoms with Gasteiger partial charge in [-0.2, -0.15) is 0 Å². The summed E-state index contributed by atoms with van der Waals surface area (Å²) in [6.45, 7) is 6.11. The van der Waals surface area contributed by atoms with Crippen molar-refractivity contribution in [1.82, 2.24) is 10.6 Å². The van der Waals surface area contributed by atoms with Crippen LogP contribution in [0.1, 0.15) is 37.8 Å². The average molecular weight is 341 g/mol. The van der Waals surface area contributed by atoms with E-state index in [2.05, 4.69) is 48.7 Å². The Hall–Kier alpha value is -1.68. The summed E-state index contributed by atoms with van der Waals surface area (Å²) in [6, 6.07) is 20.7. The Labute approximate surface area is 152 Å². The minimum atomic E-state index is -0.420. The molecule has 136 valence electrons. The summed E-state index contributed by atoms with van der Waals surface area (Å²) >= 11 is 0. The van der Waals surface area contributed by atoms with Crippen molar-refractivity contribution >= 4 is 0 Å². The number of hydrogen-bond donors (Lipinski definition) is 3. The van der Waals surface area contributed by atoms with Crippen LogP contribution < -0.4 is 10.6 Å². The topological polar surface area (TPSA) is 44.3 Å². The van der Waals surface area contributed by atoms with Crippen molar-refractivity contribution in [2.45, 2.75) is 51.9 Å². The molecule has 2 aromatic rings. The fraction of sp³-hybridized carbons (Fsp3) is 0.455.